The van der Waals surface area contributed by atoms with Crippen LogP contribution in [0.25, 0.3) is 0 Å². The molecule has 2 N–H and O–H groups in total. The number of benzene rings is 2. The molecule has 1 aliphatic carbocycles. The van der Waals surface area contributed by atoms with E-state index in [2.05, 4.69) is 5.43 Å². The smallest absolute Gasteiger partial charge is 0.322 e. The standard InChI is InChI=1S/C19H22N2O2/c22-19(23)18(15-9-7-8-10-15)20-21(16-11-3-1-4-12-16)17-13-5-2-6-14-17/h1-6,11-15,18,20H,7-10H2,(H,22,23). The van der Waals surface area contributed by atoms with Crippen molar-refractivity contribution in [3.8, 4) is 0 Å². The molecule has 0 heterocycles. The van der Waals surface area contributed by atoms with Crippen molar-refractivity contribution in [2.24, 2.45) is 5.92 Å². The van der Waals surface area contributed by atoms with Crippen molar-refractivity contribution >= 4 is 17.3 Å². The van der Waals surface area contributed by atoms with Crippen molar-refractivity contribution in [2.75, 3.05) is 5.01 Å². The van der Waals surface area contributed by atoms with E-state index in [4.69, 9.17) is 0 Å². The molecular formula is C19H22N2O2. The van der Waals surface area contributed by atoms with Crippen LogP contribution in [0.1, 0.15) is 25.7 Å². The maximum atomic E-state index is 11.8. The lowest BCUT2D eigenvalue weighted by atomic mass is 9.99. The monoisotopic (exact) mass is 310 g/mol. The van der Waals surface area contributed by atoms with E-state index in [-0.39, 0.29) is 5.92 Å². The van der Waals surface area contributed by atoms with Crippen molar-refractivity contribution in [1.82, 2.24) is 5.43 Å². The van der Waals surface area contributed by atoms with Crippen molar-refractivity contribution in [3.63, 3.8) is 0 Å². The minimum Gasteiger partial charge on any atom is -0.480 e. The largest absolute Gasteiger partial charge is 0.480 e. The van der Waals surface area contributed by atoms with E-state index in [9.17, 15) is 9.90 Å². The molecule has 120 valence electrons. The molecule has 0 saturated heterocycles. The van der Waals surface area contributed by atoms with Gasteiger partial charge in [0, 0.05) is 0 Å². The molecule has 0 amide bonds. The molecule has 0 aliphatic heterocycles. The Balaban J connectivity index is 1.90. The first kappa shape index (κ1) is 15.6. The third-order valence-electron chi connectivity index (χ3n) is 4.43. The van der Waals surface area contributed by atoms with Crippen LogP contribution in [0, 0.1) is 5.92 Å². The summed E-state index contributed by atoms with van der Waals surface area (Å²) in [4.78, 5) is 11.8. The number of hydrogen-bond donors (Lipinski definition) is 2. The maximum absolute atomic E-state index is 11.8. The number of anilines is 2. The van der Waals surface area contributed by atoms with E-state index in [1.165, 1.54) is 0 Å². The van der Waals surface area contributed by atoms with Crippen molar-refractivity contribution in [2.45, 2.75) is 31.7 Å². The zero-order chi connectivity index (χ0) is 16.1. The molecule has 3 rings (SSSR count). The summed E-state index contributed by atoms with van der Waals surface area (Å²) in [6, 6.07) is 19.1. The summed E-state index contributed by atoms with van der Waals surface area (Å²) in [5.41, 5.74) is 5.13. The fraction of sp³-hybridized carbons (Fsp3) is 0.316. The second kappa shape index (κ2) is 7.29. The minimum absolute atomic E-state index is 0.183. The lowest BCUT2D eigenvalue weighted by Gasteiger charge is -2.31. The summed E-state index contributed by atoms with van der Waals surface area (Å²) >= 11 is 0. The van der Waals surface area contributed by atoms with Crippen LogP contribution in [-0.2, 0) is 4.79 Å². The summed E-state index contributed by atoms with van der Waals surface area (Å²) < 4.78 is 0. The first-order valence-corrected chi connectivity index (χ1v) is 8.15. The van der Waals surface area contributed by atoms with Crippen molar-refractivity contribution < 1.29 is 9.90 Å². The van der Waals surface area contributed by atoms with Crippen LogP contribution in [0.5, 0.6) is 0 Å². The molecule has 0 spiro atoms. The van der Waals surface area contributed by atoms with E-state index in [0.29, 0.717) is 0 Å². The van der Waals surface area contributed by atoms with Gasteiger partial charge in [-0.25, -0.2) is 5.43 Å². The highest BCUT2D eigenvalue weighted by atomic mass is 16.4. The Hall–Kier alpha value is -2.33. The summed E-state index contributed by atoms with van der Waals surface area (Å²) in [6.07, 6.45) is 4.18. The van der Waals surface area contributed by atoms with Gasteiger partial charge in [-0.2, -0.15) is 0 Å². The summed E-state index contributed by atoms with van der Waals surface area (Å²) in [5.74, 6) is -0.601. The molecule has 1 aliphatic rings. The topological polar surface area (TPSA) is 52.6 Å². The molecule has 23 heavy (non-hydrogen) atoms. The van der Waals surface area contributed by atoms with Gasteiger partial charge in [-0.05, 0) is 43.0 Å². The van der Waals surface area contributed by atoms with Gasteiger partial charge < -0.3 is 5.11 Å². The zero-order valence-electron chi connectivity index (χ0n) is 13.1. The van der Waals surface area contributed by atoms with Crippen LogP contribution >= 0.6 is 0 Å². The van der Waals surface area contributed by atoms with Crippen molar-refractivity contribution in [1.29, 1.82) is 0 Å². The molecule has 0 bridgehead atoms. The van der Waals surface area contributed by atoms with Crippen LogP contribution in [0.2, 0.25) is 0 Å². The molecule has 0 radical (unpaired) electrons. The molecule has 2 aromatic carbocycles. The number of para-hydroxylation sites is 2. The molecule has 0 aromatic heterocycles. The fourth-order valence-electron chi connectivity index (χ4n) is 3.24. The molecule has 1 saturated carbocycles. The first-order valence-electron chi connectivity index (χ1n) is 8.15. The van der Waals surface area contributed by atoms with Crippen LogP contribution < -0.4 is 10.4 Å². The Labute approximate surface area is 136 Å². The average molecular weight is 310 g/mol. The van der Waals surface area contributed by atoms with Gasteiger partial charge in [-0.15, -0.1) is 0 Å². The number of carboxylic acids is 1. The molecular weight excluding hydrogens is 288 g/mol. The molecule has 2 aromatic rings. The van der Waals surface area contributed by atoms with E-state index >= 15 is 0 Å². The Kier molecular flexibility index (Phi) is 4.93. The number of carbonyl (C=O) groups is 1. The first-order chi connectivity index (χ1) is 11.3. The average Bonchev–Trinajstić information content (AvgIpc) is 3.11. The lowest BCUT2D eigenvalue weighted by molar-refractivity contribution is -0.140. The molecule has 4 nitrogen and oxygen atoms in total. The van der Waals surface area contributed by atoms with Gasteiger partial charge in [0.25, 0.3) is 0 Å². The van der Waals surface area contributed by atoms with E-state index in [0.717, 1.165) is 37.1 Å². The molecule has 4 heteroatoms. The Morgan fingerprint density at radius 1 is 0.957 bits per heavy atom. The van der Waals surface area contributed by atoms with E-state index in [1.807, 2.05) is 65.7 Å². The molecule has 1 atom stereocenters. The van der Waals surface area contributed by atoms with Crippen LogP contribution in [0.4, 0.5) is 11.4 Å². The highest BCUT2D eigenvalue weighted by molar-refractivity contribution is 5.75. The quantitative estimate of drug-likeness (QED) is 0.793. The predicted molar refractivity (Wildman–Crippen MR) is 91.5 cm³/mol. The zero-order valence-corrected chi connectivity index (χ0v) is 13.1. The highest BCUT2D eigenvalue weighted by Crippen LogP contribution is 2.30. The van der Waals surface area contributed by atoms with Gasteiger partial charge in [0.1, 0.15) is 6.04 Å². The van der Waals surface area contributed by atoms with E-state index < -0.39 is 12.0 Å². The summed E-state index contributed by atoms with van der Waals surface area (Å²) in [5, 5.41) is 11.6. The van der Waals surface area contributed by atoms with Crippen LogP contribution in [-0.4, -0.2) is 17.1 Å². The second-order valence-electron chi connectivity index (χ2n) is 6.00. The van der Waals surface area contributed by atoms with Crippen LogP contribution in [0.15, 0.2) is 60.7 Å². The van der Waals surface area contributed by atoms with Gasteiger partial charge >= 0.3 is 5.97 Å². The number of nitrogens with one attached hydrogen (secondary N) is 1. The Morgan fingerprint density at radius 2 is 1.43 bits per heavy atom. The fourth-order valence-corrected chi connectivity index (χ4v) is 3.24. The van der Waals surface area contributed by atoms with Gasteiger partial charge in [-0.1, -0.05) is 49.2 Å². The third-order valence-corrected chi connectivity index (χ3v) is 4.43. The second-order valence-corrected chi connectivity index (χ2v) is 6.00. The van der Waals surface area contributed by atoms with Gasteiger partial charge in [0.15, 0.2) is 0 Å². The highest BCUT2D eigenvalue weighted by Gasteiger charge is 2.32. The Morgan fingerprint density at radius 3 is 1.87 bits per heavy atom. The van der Waals surface area contributed by atoms with Gasteiger partial charge in [-0.3, -0.25) is 9.80 Å². The number of carboxylic acid groups (broad SMARTS) is 1. The minimum atomic E-state index is -0.784. The lowest BCUT2D eigenvalue weighted by Crippen LogP contribution is -2.49. The number of hydrazine groups is 1. The number of rotatable bonds is 6. The SMILES string of the molecule is O=C(O)C(NN(c1ccccc1)c1ccccc1)C1CCCC1. The number of hydrogen-bond acceptors (Lipinski definition) is 3. The van der Waals surface area contributed by atoms with Crippen LogP contribution in [0.3, 0.4) is 0 Å². The normalized spacial score (nSPS) is 16.2. The van der Waals surface area contributed by atoms with Gasteiger partial charge in [0.05, 0.1) is 11.4 Å². The number of aliphatic carboxylic acids is 1. The van der Waals surface area contributed by atoms with Crippen molar-refractivity contribution in [3.05, 3.63) is 60.7 Å². The maximum Gasteiger partial charge on any atom is 0.322 e. The molecule has 1 unspecified atom stereocenters. The number of nitrogens with zero attached hydrogens (tertiary/aromatic N) is 1. The van der Waals surface area contributed by atoms with E-state index in [1.54, 1.807) is 0 Å². The van der Waals surface area contributed by atoms with Gasteiger partial charge in [0.2, 0.25) is 0 Å². The summed E-state index contributed by atoms with van der Waals surface area (Å²) in [7, 11) is 0. The predicted octanol–water partition coefficient (Wildman–Crippen LogP) is 3.97. The third kappa shape index (κ3) is 3.71. The molecule has 1 fully saturated rings. The Bertz CT molecular complexity index is 585. The summed E-state index contributed by atoms with van der Waals surface area (Å²) in [6.45, 7) is 0.